The van der Waals surface area contributed by atoms with Crippen molar-refractivity contribution in [1.29, 1.82) is 0 Å². The lowest BCUT2D eigenvalue weighted by molar-refractivity contribution is -0.144. The highest BCUT2D eigenvalue weighted by atomic mass is 16.5. The van der Waals surface area contributed by atoms with Gasteiger partial charge >= 0.3 is 5.97 Å². The van der Waals surface area contributed by atoms with Gasteiger partial charge in [0.2, 0.25) is 5.91 Å². The Hall–Kier alpha value is -1.06. The van der Waals surface area contributed by atoms with Crippen LogP contribution in [-0.2, 0) is 14.3 Å². The van der Waals surface area contributed by atoms with E-state index in [1.165, 1.54) is 0 Å². The summed E-state index contributed by atoms with van der Waals surface area (Å²) >= 11 is 0. The maximum atomic E-state index is 11.2. The fraction of sp³-hybridized carbons (Fsp3) is 0.818. The second-order valence-corrected chi connectivity index (χ2v) is 3.84. The van der Waals surface area contributed by atoms with Gasteiger partial charge in [0.1, 0.15) is 0 Å². The van der Waals surface area contributed by atoms with E-state index in [0.29, 0.717) is 19.1 Å². The molecule has 0 saturated carbocycles. The van der Waals surface area contributed by atoms with Crippen LogP contribution >= 0.6 is 0 Å². The lowest BCUT2D eigenvalue weighted by Gasteiger charge is -2.06. The Morgan fingerprint density at radius 1 is 1.27 bits per heavy atom. The molecule has 0 fully saturated rings. The van der Waals surface area contributed by atoms with Crippen molar-refractivity contribution in [2.75, 3.05) is 13.2 Å². The fourth-order valence-electron chi connectivity index (χ4n) is 1.04. The highest BCUT2D eigenvalue weighted by Crippen LogP contribution is 1.97. The number of rotatable bonds is 7. The van der Waals surface area contributed by atoms with Gasteiger partial charge in [0.15, 0.2) is 0 Å². The van der Waals surface area contributed by atoms with Crippen LogP contribution in [0.15, 0.2) is 0 Å². The predicted molar refractivity (Wildman–Crippen MR) is 58.3 cm³/mol. The molecule has 0 aliphatic heterocycles. The van der Waals surface area contributed by atoms with Crippen LogP contribution < -0.4 is 5.32 Å². The summed E-state index contributed by atoms with van der Waals surface area (Å²) in [6.45, 7) is 7.00. The molecule has 0 radical (unpaired) electrons. The summed E-state index contributed by atoms with van der Waals surface area (Å²) in [5.41, 5.74) is 0. The van der Waals surface area contributed by atoms with Gasteiger partial charge in [-0.3, -0.25) is 9.59 Å². The normalized spacial score (nSPS) is 10.1. The quantitative estimate of drug-likeness (QED) is 0.655. The van der Waals surface area contributed by atoms with Crippen molar-refractivity contribution in [3.05, 3.63) is 0 Å². The molecule has 0 aromatic rings. The van der Waals surface area contributed by atoms with Crippen LogP contribution in [0.2, 0.25) is 0 Å². The van der Waals surface area contributed by atoms with Crippen molar-refractivity contribution in [2.45, 2.75) is 40.0 Å². The molecule has 0 atom stereocenters. The highest BCUT2D eigenvalue weighted by Gasteiger charge is 2.06. The van der Waals surface area contributed by atoms with Gasteiger partial charge in [0.05, 0.1) is 13.0 Å². The van der Waals surface area contributed by atoms with Gasteiger partial charge < -0.3 is 10.1 Å². The number of ether oxygens (including phenoxy) is 1. The molecule has 0 aliphatic rings. The van der Waals surface area contributed by atoms with E-state index in [-0.39, 0.29) is 24.7 Å². The van der Waals surface area contributed by atoms with Crippen molar-refractivity contribution in [3.63, 3.8) is 0 Å². The Bertz CT molecular complexity index is 202. The zero-order valence-corrected chi connectivity index (χ0v) is 9.84. The van der Waals surface area contributed by atoms with Crippen molar-refractivity contribution < 1.29 is 14.3 Å². The first-order valence-corrected chi connectivity index (χ1v) is 5.48. The molecule has 0 bridgehead atoms. The lowest BCUT2D eigenvalue weighted by atomic mass is 10.1. The van der Waals surface area contributed by atoms with E-state index in [1.807, 2.05) is 0 Å². The van der Waals surface area contributed by atoms with Crippen molar-refractivity contribution in [2.24, 2.45) is 5.92 Å². The average molecular weight is 215 g/mol. The maximum absolute atomic E-state index is 11.2. The zero-order chi connectivity index (χ0) is 11.7. The van der Waals surface area contributed by atoms with E-state index < -0.39 is 0 Å². The summed E-state index contributed by atoms with van der Waals surface area (Å²) in [5, 5.41) is 2.76. The molecule has 1 amide bonds. The SMILES string of the molecule is CCOC(=O)CCC(=O)NCCC(C)C. The molecule has 0 spiro atoms. The van der Waals surface area contributed by atoms with Crippen LogP contribution in [0.1, 0.15) is 40.0 Å². The third kappa shape index (κ3) is 9.25. The summed E-state index contributed by atoms with van der Waals surface area (Å²) in [6.07, 6.45) is 1.35. The molecule has 88 valence electrons. The molecule has 0 unspecified atom stereocenters. The number of carbonyl (C=O) groups excluding carboxylic acids is 2. The molecule has 0 aliphatic carbocycles. The van der Waals surface area contributed by atoms with E-state index in [0.717, 1.165) is 6.42 Å². The Morgan fingerprint density at radius 3 is 2.47 bits per heavy atom. The second kappa shape index (κ2) is 8.26. The number of hydrogen-bond donors (Lipinski definition) is 1. The summed E-state index contributed by atoms with van der Waals surface area (Å²) in [6, 6.07) is 0. The van der Waals surface area contributed by atoms with E-state index in [9.17, 15) is 9.59 Å². The topological polar surface area (TPSA) is 55.4 Å². The summed E-state index contributed by atoms with van der Waals surface area (Å²) < 4.78 is 4.72. The molecule has 0 rings (SSSR count). The van der Waals surface area contributed by atoms with Crippen molar-refractivity contribution in [1.82, 2.24) is 5.32 Å². The second-order valence-electron chi connectivity index (χ2n) is 3.84. The number of hydrogen-bond acceptors (Lipinski definition) is 3. The maximum Gasteiger partial charge on any atom is 0.306 e. The van der Waals surface area contributed by atoms with Gasteiger partial charge in [0, 0.05) is 13.0 Å². The molecule has 0 aromatic heterocycles. The minimum Gasteiger partial charge on any atom is -0.466 e. The monoisotopic (exact) mass is 215 g/mol. The Labute approximate surface area is 91.4 Å². The van der Waals surface area contributed by atoms with Crippen LogP contribution in [0, 0.1) is 5.92 Å². The van der Waals surface area contributed by atoms with Crippen LogP contribution in [0.4, 0.5) is 0 Å². The lowest BCUT2D eigenvalue weighted by Crippen LogP contribution is -2.25. The minimum atomic E-state index is -0.309. The van der Waals surface area contributed by atoms with Gasteiger partial charge in [-0.05, 0) is 19.3 Å². The van der Waals surface area contributed by atoms with E-state index in [4.69, 9.17) is 4.74 Å². The molecular weight excluding hydrogens is 194 g/mol. The standard InChI is InChI=1S/C11H21NO3/c1-4-15-11(14)6-5-10(13)12-8-7-9(2)3/h9H,4-8H2,1-3H3,(H,12,13). The first kappa shape index (κ1) is 13.9. The van der Waals surface area contributed by atoms with Crippen molar-refractivity contribution >= 4 is 11.9 Å². The van der Waals surface area contributed by atoms with Crippen molar-refractivity contribution in [3.8, 4) is 0 Å². The summed E-state index contributed by atoms with van der Waals surface area (Å²) in [5.74, 6) is 0.190. The summed E-state index contributed by atoms with van der Waals surface area (Å²) in [4.78, 5) is 22.1. The molecule has 0 aromatic carbocycles. The Kier molecular flexibility index (Phi) is 7.68. The number of esters is 1. The van der Waals surface area contributed by atoms with Crippen LogP contribution in [0.3, 0.4) is 0 Å². The van der Waals surface area contributed by atoms with Gasteiger partial charge in [-0.2, -0.15) is 0 Å². The molecular formula is C11H21NO3. The van der Waals surface area contributed by atoms with Crippen LogP contribution in [0.5, 0.6) is 0 Å². The smallest absolute Gasteiger partial charge is 0.306 e. The molecule has 0 saturated heterocycles. The molecule has 4 heteroatoms. The first-order valence-electron chi connectivity index (χ1n) is 5.48. The van der Waals surface area contributed by atoms with Gasteiger partial charge in [-0.25, -0.2) is 0 Å². The first-order chi connectivity index (χ1) is 7.06. The number of amides is 1. The number of carbonyl (C=O) groups is 2. The fourth-order valence-corrected chi connectivity index (χ4v) is 1.04. The van der Waals surface area contributed by atoms with Gasteiger partial charge in [0.25, 0.3) is 0 Å². The Morgan fingerprint density at radius 2 is 1.93 bits per heavy atom. The van der Waals surface area contributed by atoms with E-state index >= 15 is 0 Å². The minimum absolute atomic E-state index is 0.0799. The van der Waals surface area contributed by atoms with Gasteiger partial charge in [-0.15, -0.1) is 0 Å². The van der Waals surface area contributed by atoms with Crippen LogP contribution in [0.25, 0.3) is 0 Å². The Balaban J connectivity index is 3.45. The molecule has 0 heterocycles. The average Bonchev–Trinajstić information content (AvgIpc) is 2.14. The molecule has 4 nitrogen and oxygen atoms in total. The number of nitrogens with one attached hydrogen (secondary N) is 1. The van der Waals surface area contributed by atoms with Crippen LogP contribution in [-0.4, -0.2) is 25.0 Å². The third-order valence-electron chi connectivity index (χ3n) is 1.91. The van der Waals surface area contributed by atoms with E-state index in [2.05, 4.69) is 19.2 Å². The van der Waals surface area contributed by atoms with E-state index in [1.54, 1.807) is 6.92 Å². The zero-order valence-electron chi connectivity index (χ0n) is 9.84. The molecule has 15 heavy (non-hydrogen) atoms. The summed E-state index contributed by atoms with van der Waals surface area (Å²) in [7, 11) is 0. The molecule has 1 N–H and O–H groups in total. The predicted octanol–water partition coefficient (Wildman–Crippen LogP) is 1.49. The highest BCUT2D eigenvalue weighted by molar-refractivity contribution is 5.81. The largest absolute Gasteiger partial charge is 0.466 e. The third-order valence-corrected chi connectivity index (χ3v) is 1.91. The van der Waals surface area contributed by atoms with Gasteiger partial charge in [-0.1, -0.05) is 13.8 Å².